The van der Waals surface area contributed by atoms with E-state index in [0.29, 0.717) is 18.3 Å². The van der Waals surface area contributed by atoms with Crippen molar-refractivity contribution in [2.45, 2.75) is 20.0 Å². The molecule has 1 heterocycles. The van der Waals surface area contributed by atoms with E-state index >= 15 is 0 Å². The molecule has 1 rings (SSSR count). The number of hydrogen-bond acceptors (Lipinski definition) is 6. The first-order chi connectivity index (χ1) is 8.04. The van der Waals surface area contributed by atoms with Crippen LogP contribution in [0, 0.1) is 6.92 Å². The molecule has 0 radical (unpaired) electrons. The highest BCUT2D eigenvalue weighted by atomic mass is 16.3. The monoisotopic (exact) mass is 239 g/mol. The summed E-state index contributed by atoms with van der Waals surface area (Å²) in [6.45, 7) is 4.51. The average Bonchev–Trinajstić information content (AvgIpc) is 2.29. The minimum Gasteiger partial charge on any atom is -0.381 e. The second kappa shape index (κ2) is 6.00. The van der Waals surface area contributed by atoms with Crippen LogP contribution >= 0.6 is 0 Å². The second-order valence-electron chi connectivity index (χ2n) is 3.55. The standard InChI is InChI=1S/C10H17N5O2/c1-3-12-10-14-4-6(2)9(15-10)13-5-7(16)8(11)17/h4,7,16H,3,5H2,1-2H3,(H2,11,17)(H2,12,13,14,15). The smallest absolute Gasteiger partial charge is 0.248 e. The van der Waals surface area contributed by atoms with Gasteiger partial charge >= 0.3 is 0 Å². The molecule has 0 saturated heterocycles. The Bertz CT molecular complexity index is 396. The third-order valence-corrected chi connectivity index (χ3v) is 2.10. The van der Waals surface area contributed by atoms with Gasteiger partial charge in [0.1, 0.15) is 11.9 Å². The summed E-state index contributed by atoms with van der Waals surface area (Å²) in [6.07, 6.45) is 0.427. The van der Waals surface area contributed by atoms with Crippen molar-refractivity contribution in [2.75, 3.05) is 23.7 Å². The van der Waals surface area contributed by atoms with Gasteiger partial charge in [-0.05, 0) is 13.8 Å². The van der Waals surface area contributed by atoms with Gasteiger partial charge in [0.05, 0.1) is 6.54 Å². The maximum absolute atomic E-state index is 10.7. The number of amides is 1. The lowest BCUT2D eigenvalue weighted by molar-refractivity contribution is -0.125. The summed E-state index contributed by atoms with van der Waals surface area (Å²) in [7, 11) is 0. The van der Waals surface area contributed by atoms with Gasteiger partial charge in [-0.25, -0.2) is 4.98 Å². The molecule has 1 unspecified atom stereocenters. The molecular weight excluding hydrogens is 222 g/mol. The molecule has 94 valence electrons. The summed E-state index contributed by atoms with van der Waals surface area (Å²) in [5, 5.41) is 15.1. The molecule has 0 spiro atoms. The van der Waals surface area contributed by atoms with Crippen LogP contribution in [0.5, 0.6) is 0 Å². The summed E-state index contributed by atoms with van der Waals surface area (Å²) < 4.78 is 0. The summed E-state index contributed by atoms with van der Waals surface area (Å²) in [6, 6.07) is 0. The van der Waals surface area contributed by atoms with E-state index in [4.69, 9.17) is 5.73 Å². The minimum atomic E-state index is -1.23. The lowest BCUT2D eigenvalue weighted by Crippen LogP contribution is -2.34. The Balaban J connectivity index is 2.69. The number of aromatic nitrogens is 2. The number of anilines is 2. The Kier molecular flexibility index (Phi) is 4.65. The molecule has 7 heteroatoms. The van der Waals surface area contributed by atoms with Crippen LogP contribution in [-0.4, -0.2) is 40.2 Å². The number of aliphatic hydroxyl groups is 1. The van der Waals surface area contributed by atoms with Crippen LogP contribution in [0.3, 0.4) is 0 Å². The zero-order valence-corrected chi connectivity index (χ0v) is 9.90. The van der Waals surface area contributed by atoms with Gasteiger partial charge in [-0.1, -0.05) is 0 Å². The first-order valence-electron chi connectivity index (χ1n) is 5.33. The predicted octanol–water partition coefficient (Wildman–Crippen LogP) is -0.525. The number of rotatable bonds is 6. The lowest BCUT2D eigenvalue weighted by atomic mass is 10.3. The molecule has 1 amide bonds. The quantitative estimate of drug-likeness (QED) is 0.531. The van der Waals surface area contributed by atoms with E-state index in [1.807, 2.05) is 13.8 Å². The Labute approximate surface area is 99.5 Å². The summed E-state index contributed by atoms with van der Waals surface area (Å²) >= 11 is 0. The molecular formula is C10H17N5O2. The van der Waals surface area contributed by atoms with Crippen LogP contribution in [0.15, 0.2) is 6.20 Å². The average molecular weight is 239 g/mol. The zero-order valence-electron chi connectivity index (χ0n) is 9.90. The Morgan fingerprint density at radius 1 is 1.59 bits per heavy atom. The number of carbonyl (C=O) groups is 1. The number of nitrogens with one attached hydrogen (secondary N) is 2. The van der Waals surface area contributed by atoms with Crippen molar-refractivity contribution < 1.29 is 9.90 Å². The fourth-order valence-electron chi connectivity index (χ4n) is 1.16. The fraction of sp³-hybridized carbons (Fsp3) is 0.500. The van der Waals surface area contributed by atoms with E-state index in [2.05, 4.69) is 20.6 Å². The molecule has 1 atom stereocenters. The first kappa shape index (κ1) is 13.2. The first-order valence-corrected chi connectivity index (χ1v) is 5.33. The molecule has 7 nitrogen and oxygen atoms in total. The van der Waals surface area contributed by atoms with Crippen molar-refractivity contribution in [2.24, 2.45) is 5.73 Å². The number of primary amides is 1. The SMILES string of the molecule is CCNc1ncc(C)c(NCC(O)C(N)=O)n1. The number of nitrogens with zero attached hydrogens (tertiary/aromatic N) is 2. The van der Waals surface area contributed by atoms with Crippen LogP contribution in [-0.2, 0) is 4.79 Å². The molecule has 17 heavy (non-hydrogen) atoms. The van der Waals surface area contributed by atoms with Crippen molar-refractivity contribution in [1.82, 2.24) is 9.97 Å². The topological polar surface area (TPSA) is 113 Å². The number of aliphatic hydroxyl groups excluding tert-OH is 1. The van der Waals surface area contributed by atoms with Crippen molar-refractivity contribution in [3.63, 3.8) is 0 Å². The van der Waals surface area contributed by atoms with Crippen LogP contribution in [0.1, 0.15) is 12.5 Å². The van der Waals surface area contributed by atoms with Crippen LogP contribution < -0.4 is 16.4 Å². The number of hydrogen-bond donors (Lipinski definition) is 4. The van der Waals surface area contributed by atoms with Crippen LogP contribution in [0.25, 0.3) is 0 Å². The molecule has 0 aromatic carbocycles. The van der Waals surface area contributed by atoms with Gasteiger partial charge in [0.15, 0.2) is 0 Å². The Hall–Kier alpha value is -1.89. The molecule has 0 aliphatic carbocycles. The zero-order chi connectivity index (χ0) is 12.8. The number of aryl methyl sites for hydroxylation is 1. The second-order valence-corrected chi connectivity index (χ2v) is 3.55. The van der Waals surface area contributed by atoms with Gasteiger partial charge in [0.25, 0.3) is 0 Å². The number of nitrogens with two attached hydrogens (primary N) is 1. The van der Waals surface area contributed by atoms with Gasteiger partial charge in [0.2, 0.25) is 11.9 Å². The third-order valence-electron chi connectivity index (χ3n) is 2.10. The molecule has 0 saturated carbocycles. The van der Waals surface area contributed by atoms with E-state index in [9.17, 15) is 9.90 Å². The van der Waals surface area contributed by atoms with Crippen molar-refractivity contribution in [3.8, 4) is 0 Å². The third kappa shape index (κ3) is 3.87. The molecule has 0 aliphatic heterocycles. The van der Waals surface area contributed by atoms with Gasteiger partial charge in [-0.3, -0.25) is 4.79 Å². The van der Waals surface area contributed by atoms with E-state index in [1.165, 1.54) is 0 Å². The van der Waals surface area contributed by atoms with Crippen LogP contribution in [0.4, 0.5) is 11.8 Å². The van der Waals surface area contributed by atoms with Gasteiger partial charge in [0, 0.05) is 18.3 Å². The van der Waals surface area contributed by atoms with Gasteiger partial charge < -0.3 is 21.5 Å². The lowest BCUT2D eigenvalue weighted by Gasteiger charge is -2.12. The van der Waals surface area contributed by atoms with E-state index in [0.717, 1.165) is 5.56 Å². The molecule has 1 aromatic rings. The van der Waals surface area contributed by atoms with Crippen molar-refractivity contribution in [1.29, 1.82) is 0 Å². The molecule has 5 N–H and O–H groups in total. The Morgan fingerprint density at radius 2 is 2.29 bits per heavy atom. The van der Waals surface area contributed by atoms with E-state index in [1.54, 1.807) is 6.20 Å². The summed E-state index contributed by atoms with van der Waals surface area (Å²) in [5.41, 5.74) is 5.76. The molecule has 0 aliphatic rings. The minimum absolute atomic E-state index is 0.0265. The fourth-order valence-corrected chi connectivity index (χ4v) is 1.16. The highest BCUT2D eigenvalue weighted by molar-refractivity contribution is 5.79. The number of carbonyl (C=O) groups excluding carboxylic acids is 1. The van der Waals surface area contributed by atoms with Gasteiger partial charge in [-0.2, -0.15) is 4.98 Å². The normalized spacial score (nSPS) is 11.9. The highest BCUT2D eigenvalue weighted by Crippen LogP contribution is 2.12. The maximum atomic E-state index is 10.7. The molecule has 0 bridgehead atoms. The Morgan fingerprint density at radius 3 is 2.88 bits per heavy atom. The summed E-state index contributed by atoms with van der Waals surface area (Å²) in [5.74, 6) is 0.293. The van der Waals surface area contributed by atoms with E-state index in [-0.39, 0.29) is 6.54 Å². The van der Waals surface area contributed by atoms with E-state index < -0.39 is 12.0 Å². The van der Waals surface area contributed by atoms with Gasteiger partial charge in [-0.15, -0.1) is 0 Å². The molecule has 0 fully saturated rings. The maximum Gasteiger partial charge on any atom is 0.248 e. The van der Waals surface area contributed by atoms with Crippen LogP contribution in [0.2, 0.25) is 0 Å². The summed E-state index contributed by atoms with van der Waals surface area (Å²) in [4.78, 5) is 18.9. The van der Waals surface area contributed by atoms with Crippen molar-refractivity contribution >= 4 is 17.7 Å². The largest absolute Gasteiger partial charge is 0.381 e. The highest BCUT2D eigenvalue weighted by Gasteiger charge is 2.11. The van der Waals surface area contributed by atoms with Crippen molar-refractivity contribution in [3.05, 3.63) is 11.8 Å². The predicted molar refractivity (Wildman–Crippen MR) is 64.6 cm³/mol. The molecule has 1 aromatic heterocycles.